The van der Waals surface area contributed by atoms with Crippen molar-refractivity contribution >= 4 is 0 Å². The van der Waals surface area contributed by atoms with Crippen molar-refractivity contribution in [2.24, 2.45) is 5.73 Å². The summed E-state index contributed by atoms with van der Waals surface area (Å²) < 4.78 is 5.12. The van der Waals surface area contributed by atoms with E-state index in [1.807, 2.05) is 6.92 Å². The minimum absolute atomic E-state index is 0.120. The summed E-state index contributed by atoms with van der Waals surface area (Å²) >= 11 is 0. The van der Waals surface area contributed by atoms with Crippen LogP contribution in [0.2, 0.25) is 0 Å². The first-order valence-electron chi connectivity index (χ1n) is 5.11. The fraction of sp³-hybridized carbons (Fsp3) is 0.778. The molecule has 0 radical (unpaired) electrons. The number of nitrogens with two attached hydrogens (primary N) is 1. The van der Waals surface area contributed by atoms with Gasteiger partial charge in [-0.25, -0.2) is 0 Å². The van der Waals surface area contributed by atoms with Gasteiger partial charge >= 0.3 is 0 Å². The van der Waals surface area contributed by atoms with Gasteiger partial charge in [-0.1, -0.05) is 12.1 Å². The second kappa shape index (κ2) is 4.06. The second-order valence-electron chi connectivity index (χ2n) is 3.70. The summed E-state index contributed by atoms with van der Waals surface area (Å²) in [7, 11) is 0. The Bertz CT molecular complexity index is 293. The van der Waals surface area contributed by atoms with Gasteiger partial charge in [-0.05, 0) is 19.4 Å². The molecule has 14 heavy (non-hydrogen) atoms. The Morgan fingerprint density at radius 1 is 1.71 bits per heavy atom. The fourth-order valence-electron chi connectivity index (χ4n) is 1.61. The van der Waals surface area contributed by atoms with Crippen LogP contribution in [0, 0.1) is 0 Å². The molecule has 2 rings (SSSR count). The smallest absolute Gasteiger partial charge is 0.243 e. The Labute approximate surface area is 83.1 Å². The van der Waals surface area contributed by atoms with Crippen LogP contribution in [0.3, 0.4) is 0 Å². The summed E-state index contributed by atoms with van der Waals surface area (Å²) in [4.78, 5) is 4.32. The van der Waals surface area contributed by atoms with Crippen LogP contribution in [-0.2, 0) is 0 Å². The van der Waals surface area contributed by atoms with E-state index in [0.29, 0.717) is 11.8 Å². The third-order valence-electron chi connectivity index (χ3n) is 2.64. The molecule has 3 N–H and O–H groups in total. The Balaban J connectivity index is 2.08. The molecular formula is C9H16N4O. The van der Waals surface area contributed by atoms with Crippen molar-refractivity contribution in [3.05, 3.63) is 11.7 Å². The van der Waals surface area contributed by atoms with Gasteiger partial charge in [0.05, 0.1) is 6.04 Å². The topological polar surface area (TPSA) is 77.0 Å². The van der Waals surface area contributed by atoms with E-state index in [1.54, 1.807) is 0 Å². The zero-order valence-corrected chi connectivity index (χ0v) is 8.36. The van der Waals surface area contributed by atoms with Gasteiger partial charge in [-0.2, -0.15) is 4.98 Å². The number of nitrogens with zero attached hydrogens (tertiary/aromatic N) is 2. The molecule has 0 saturated carbocycles. The maximum Gasteiger partial charge on any atom is 0.243 e. The highest BCUT2D eigenvalue weighted by Gasteiger charge is 2.23. The highest BCUT2D eigenvalue weighted by Crippen LogP contribution is 2.21. The van der Waals surface area contributed by atoms with Crippen LogP contribution < -0.4 is 11.1 Å². The standard InChI is InChI=1S/C9H16N4O/c1-2-7(10)9-12-8(13-14-9)6-3-4-11-5-6/h6-7,11H,2-5,10H2,1H3. The number of hydrogen-bond acceptors (Lipinski definition) is 5. The van der Waals surface area contributed by atoms with E-state index in [-0.39, 0.29) is 6.04 Å². The van der Waals surface area contributed by atoms with Gasteiger partial charge in [0.2, 0.25) is 5.89 Å². The van der Waals surface area contributed by atoms with Crippen molar-refractivity contribution in [1.29, 1.82) is 0 Å². The highest BCUT2D eigenvalue weighted by molar-refractivity contribution is 5.01. The average Bonchev–Trinajstić information content (AvgIpc) is 2.86. The SMILES string of the molecule is CCC(N)c1nc(C2CCNC2)no1. The lowest BCUT2D eigenvalue weighted by Gasteiger charge is -2.01. The van der Waals surface area contributed by atoms with Crippen LogP contribution >= 0.6 is 0 Å². The normalized spacial score (nSPS) is 24.0. The molecule has 1 saturated heterocycles. The molecule has 1 aromatic rings. The zero-order chi connectivity index (χ0) is 9.97. The molecule has 5 heteroatoms. The minimum Gasteiger partial charge on any atom is -0.338 e. The minimum atomic E-state index is -0.120. The molecule has 0 aromatic carbocycles. The van der Waals surface area contributed by atoms with Crippen molar-refractivity contribution in [3.63, 3.8) is 0 Å². The van der Waals surface area contributed by atoms with Crippen LogP contribution in [0.1, 0.15) is 43.4 Å². The summed E-state index contributed by atoms with van der Waals surface area (Å²) in [6.45, 7) is 3.99. The Morgan fingerprint density at radius 3 is 3.21 bits per heavy atom. The Morgan fingerprint density at radius 2 is 2.57 bits per heavy atom. The van der Waals surface area contributed by atoms with Gasteiger partial charge in [-0.3, -0.25) is 0 Å². The largest absolute Gasteiger partial charge is 0.338 e. The molecule has 5 nitrogen and oxygen atoms in total. The molecule has 1 fully saturated rings. The first-order valence-corrected chi connectivity index (χ1v) is 5.11. The van der Waals surface area contributed by atoms with E-state index in [2.05, 4.69) is 15.5 Å². The molecule has 0 amide bonds. The van der Waals surface area contributed by atoms with Gasteiger partial charge in [-0.15, -0.1) is 0 Å². The molecule has 2 unspecified atom stereocenters. The molecule has 0 spiro atoms. The molecule has 2 heterocycles. The number of aromatic nitrogens is 2. The quantitative estimate of drug-likeness (QED) is 0.738. The first-order chi connectivity index (χ1) is 6.81. The number of nitrogens with one attached hydrogen (secondary N) is 1. The van der Waals surface area contributed by atoms with Crippen LogP contribution in [0.25, 0.3) is 0 Å². The lowest BCUT2D eigenvalue weighted by molar-refractivity contribution is 0.346. The molecule has 0 bridgehead atoms. The van der Waals surface area contributed by atoms with Gasteiger partial charge in [0.1, 0.15) is 0 Å². The highest BCUT2D eigenvalue weighted by atomic mass is 16.5. The molecule has 78 valence electrons. The first kappa shape index (κ1) is 9.61. The average molecular weight is 196 g/mol. The lowest BCUT2D eigenvalue weighted by atomic mass is 10.1. The van der Waals surface area contributed by atoms with E-state index in [4.69, 9.17) is 10.3 Å². The van der Waals surface area contributed by atoms with E-state index in [0.717, 1.165) is 31.8 Å². The molecule has 1 aliphatic heterocycles. The summed E-state index contributed by atoms with van der Waals surface area (Å²) in [6, 6.07) is -0.120. The predicted octanol–water partition coefficient (Wildman–Crippen LogP) is 0.556. The van der Waals surface area contributed by atoms with E-state index < -0.39 is 0 Å². The number of hydrogen-bond donors (Lipinski definition) is 2. The number of rotatable bonds is 3. The third kappa shape index (κ3) is 1.78. The monoisotopic (exact) mass is 196 g/mol. The van der Waals surface area contributed by atoms with Crippen LogP contribution in [0.4, 0.5) is 0 Å². The van der Waals surface area contributed by atoms with E-state index in [9.17, 15) is 0 Å². The summed E-state index contributed by atoms with van der Waals surface area (Å²) in [5, 5.41) is 7.23. The molecular weight excluding hydrogens is 180 g/mol. The zero-order valence-electron chi connectivity index (χ0n) is 8.36. The van der Waals surface area contributed by atoms with Gasteiger partial charge in [0.15, 0.2) is 5.82 Å². The van der Waals surface area contributed by atoms with Crippen molar-refractivity contribution in [2.45, 2.75) is 31.7 Å². The van der Waals surface area contributed by atoms with Crippen molar-refractivity contribution < 1.29 is 4.52 Å². The molecule has 1 aromatic heterocycles. The van der Waals surface area contributed by atoms with Crippen molar-refractivity contribution in [1.82, 2.24) is 15.5 Å². The van der Waals surface area contributed by atoms with Gasteiger partial charge in [0.25, 0.3) is 0 Å². The van der Waals surface area contributed by atoms with Crippen LogP contribution in [0.5, 0.6) is 0 Å². The molecule has 2 atom stereocenters. The van der Waals surface area contributed by atoms with Crippen molar-refractivity contribution in [2.75, 3.05) is 13.1 Å². The van der Waals surface area contributed by atoms with E-state index >= 15 is 0 Å². The fourth-order valence-corrected chi connectivity index (χ4v) is 1.61. The van der Waals surface area contributed by atoms with Gasteiger partial charge in [0, 0.05) is 12.5 Å². The second-order valence-corrected chi connectivity index (χ2v) is 3.70. The van der Waals surface area contributed by atoms with Crippen LogP contribution in [0.15, 0.2) is 4.52 Å². The molecule has 1 aliphatic rings. The van der Waals surface area contributed by atoms with Crippen LogP contribution in [-0.4, -0.2) is 23.2 Å². The molecule has 0 aliphatic carbocycles. The maximum absolute atomic E-state index is 5.79. The third-order valence-corrected chi connectivity index (χ3v) is 2.64. The summed E-state index contributed by atoms with van der Waals surface area (Å²) in [5.74, 6) is 1.76. The van der Waals surface area contributed by atoms with Crippen molar-refractivity contribution in [3.8, 4) is 0 Å². The van der Waals surface area contributed by atoms with Gasteiger partial charge < -0.3 is 15.6 Å². The Hall–Kier alpha value is -0.940. The predicted molar refractivity (Wildman–Crippen MR) is 51.7 cm³/mol. The van der Waals surface area contributed by atoms with E-state index in [1.165, 1.54) is 0 Å². The summed E-state index contributed by atoms with van der Waals surface area (Å²) in [5.41, 5.74) is 5.79. The lowest BCUT2D eigenvalue weighted by Crippen LogP contribution is -2.10. The maximum atomic E-state index is 5.79. The Kier molecular flexibility index (Phi) is 2.79. The summed E-state index contributed by atoms with van der Waals surface area (Å²) in [6.07, 6.45) is 1.91.